The van der Waals surface area contributed by atoms with Gasteiger partial charge in [-0.2, -0.15) is 16.9 Å². The number of aliphatic carboxylic acids is 1. The number of halogens is 1. The maximum Gasteiger partial charge on any atom is 0.326 e. The summed E-state index contributed by atoms with van der Waals surface area (Å²) in [6.45, 7) is -0.479. The zero-order valence-electron chi connectivity index (χ0n) is 15.3. The molecule has 1 aromatic heterocycles. The Labute approximate surface area is 164 Å². The monoisotopic (exact) mass is 409 g/mol. The van der Waals surface area contributed by atoms with Crippen LogP contribution in [-0.2, 0) is 16.1 Å². The number of nitrogens with one attached hydrogen (secondary N) is 1. The summed E-state index contributed by atoms with van der Waals surface area (Å²) in [6, 6.07) is 5.64. The van der Waals surface area contributed by atoms with Gasteiger partial charge in [0.25, 0.3) is 5.56 Å². The van der Waals surface area contributed by atoms with Gasteiger partial charge in [-0.15, -0.1) is 0 Å². The van der Waals surface area contributed by atoms with Crippen LogP contribution in [0.25, 0.3) is 11.3 Å². The Morgan fingerprint density at radius 1 is 1.36 bits per heavy atom. The van der Waals surface area contributed by atoms with E-state index in [0.717, 1.165) is 4.68 Å². The first-order valence-corrected chi connectivity index (χ1v) is 9.68. The molecule has 2 N–H and O–H groups in total. The van der Waals surface area contributed by atoms with Crippen LogP contribution in [0, 0.1) is 5.82 Å². The van der Waals surface area contributed by atoms with Crippen LogP contribution >= 0.6 is 11.8 Å². The normalized spacial score (nSPS) is 11.7. The van der Waals surface area contributed by atoms with Crippen LogP contribution in [0.4, 0.5) is 4.39 Å². The highest BCUT2D eigenvalue weighted by Crippen LogP contribution is 2.23. The quantitative estimate of drug-likeness (QED) is 0.644. The van der Waals surface area contributed by atoms with Gasteiger partial charge in [0, 0.05) is 17.7 Å². The molecule has 2 aromatic rings. The lowest BCUT2D eigenvalue weighted by molar-refractivity contribution is -0.142. The van der Waals surface area contributed by atoms with Gasteiger partial charge in [0.1, 0.15) is 24.2 Å². The lowest BCUT2D eigenvalue weighted by Crippen LogP contribution is -2.44. The minimum absolute atomic E-state index is 0.137. The summed E-state index contributed by atoms with van der Waals surface area (Å²) in [5, 5.41) is 15.6. The number of carbonyl (C=O) groups is 2. The van der Waals surface area contributed by atoms with Gasteiger partial charge in [0.15, 0.2) is 0 Å². The fraction of sp³-hybridized carbons (Fsp3) is 0.333. The van der Waals surface area contributed by atoms with Crippen molar-refractivity contribution in [1.29, 1.82) is 0 Å². The van der Waals surface area contributed by atoms with Crippen molar-refractivity contribution >= 4 is 23.6 Å². The molecule has 0 aliphatic carbocycles. The Morgan fingerprint density at radius 2 is 2.11 bits per heavy atom. The van der Waals surface area contributed by atoms with Crippen molar-refractivity contribution in [3.63, 3.8) is 0 Å². The van der Waals surface area contributed by atoms with E-state index in [1.54, 1.807) is 6.07 Å². The van der Waals surface area contributed by atoms with Crippen molar-refractivity contribution in [1.82, 2.24) is 15.1 Å². The van der Waals surface area contributed by atoms with Crippen LogP contribution < -0.4 is 15.6 Å². The number of methoxy groups -OCH3 is 1. The van der Waals surface area contributed by atoms with E-state index in [2.05, 4.69) is 10.4 Å². The fourth-order valence-electron chi connectivity index (χ4n) is 2.41. The van der Waals surface area contributed by atoms with Crippen LogP contribution in [0.2, 0.25) is 0 Å². The summed E-state index contributed by atoms with van der Waals surface area (Å²) in [5.74, 6) is -1.53. The minimum Gasteiger partial charge on any atom is -0.497 e. The van der Waals surface area contributed by atoms with Gasteiger partial charge in [0.2, 0.25) is 5.91 Å². The molecular weight excluding hydrogens is 389 g/mol. The van der Waals surface area contributed by atoms with Crippen molar-refractivity contribution in [3.05, 3.63) is 46.5 Å². The van der Waals surface area contributed by atoms with Crippen molar-refractivity contribution in [2.75, 3.05) is 19.1 Å². The highest BCUT2D eigenvalue weighted by atomic mass is 32.2. The molecule has 0 saturated carbocycles. The number of amides is 1. The van der Waals surface area contributed by atoms with Crippen molar-refractivity contribution in [3.8, 4) is 17.0 Å². The van der Waals surface area contributed by atoms with E-state index in [1.807, 2.05) is 6.26 Å². The van der Waals surface area contributed by atoms with Gasteiger partial charge in [-0.25, -0.2) is 13.9 Å². The molecule has 150 valence electrons. The Morgan fingerprint density at radius 3 is 2.71 bits per heavy atom. The van der Waals surface area contributed by atoms with E-state index < -0.39 is 35.8 Å². The summed E-state index contributed by atoms with van der Waals surface area (Å²) in [7, 11) is 1.41. The van der Waals surface area contributed by atoms with Gasteiger partial charge in [-0.3, -0.25) is 9.59 Å². The molecule has 1 amide bonds. The average molecular weight is 409 g/mol. The van der Waals surface area contributed by atoms with Crippen LogP contribution in [0.3, 0.4) is 0 Å². The molecule has 0 fully saturated rings. The Kier molecular flexibility index (Phi) is 7.56. The first-order valence-electron chi connectivity index (χ1n) is 8.29. The zero-order chi connectivity index (χ0) is 20.7. The molecule has 0 aliphatic heterocycles. The number of aromatic nitrogens is 2. The highest BCUT2D eigenvalue weighted by molar-refractivity contribution is 7.98. The van der Waals surface area contributed by atoms with Crippen molar-refractivity contribution in [2.45, 2.75) is 19.0 Å². The molecule has 0 unspecified atom stereocenters. The maximum atomic E-state index is 14.2. The summed E-state index contributed by atoms with van der Waals surface area (Å²) < 4.78 is 20.1. The first-order chi connectivity index (χ1) is 13.3. The number of carboxylic acids is 1. The number of benzene rings is 1. The van der Waals surface area contributed by atoms with E-state index in [0.29, 0.717) is 11.5 Å². The predicted octanol–water partition coefficient (Wildman–Crippen LogP) is 1.38. The summed E-state index contributed by atoms with van der Waals surface area (Å²) in [5.41, 5.74) is -0.271. The Bertz CT molecular complexity index is 918. The highest BCUT2D eigenvalue weighted by Gasteiger charge is 2.20. The minimum atomic E-state index is -1.16. The second kappa shape index (κ2) is 9.88. The van der Waals surface area contributed by atoms with Gasteiger partial charge in [0.05, 0.1) is 12.8 Å². The van der Waals surface area contributed by atoms with Crippen LogP contribution in [-0.4, -0.2) is 51.9 Å². The second-order valence-corrected chi connectivity index (χ2v) is 6.79. The number of rotatable bonds is 9. The molecule has 1 aromatic carbocycles. The SMILES string of the molecule is COc1ccc(-c2ccc(=O)n(CC(=O)N[C@H](CCSC)C(=O)O)n2)c(F)c1. The topological polar surface area (TPSA) is 111 Å². The van der Waals surface area contributed by atoms with Gasteiger partial charge >= 0.3 is 5.97 Å². The number of nitrogens with zero attached hydrogens (tertiary/aromatic N) is 2. The second-order valence-electron chi connectivity index (χ2n) is 5.80. The molecule has 0 aliphatic rings. The fourth-order valence-corrected chi connectivity index (χ4v) is 2.88. The smallest absolute Gasteiger partial charge is 0.326 e. The van der Waals surface area contributed by atoms with E-state index in [1.165, 1.54) is 43.1 Å². The number of ether oxygens (including phenoxy) is 1. The molecule has 0 saturated heterocycles. The van der Waals surface area contributed by atoms with E-state index in [4.69, 9.17) is 4.74 Å². The zero-order valence-corrected chi connectivity index (χ0v) is 16.2. The number of hydrogen-bond acceptors (Lipinski definition) is 6. The third-order valence-electron chi connectivity index (χ3n) is 3.86. The van der Waals surface area contributed by atoms with Gasteiger partial charge < -0.3 is 15.2 Å². The Balaban J connectivity index is 2.20. The number of carbonyl (C=O) groups excluding carboxylic acids is 1. The summed E-state index contributed by atoms with van der Waals surface area (Å²) >= 11 is 1.46. The predicted molar refractivity (Wildman–Crippen MR) is 103 cm³/mol. The molecule has 28 heavy (non-hydrogen) atoms. The first kappa shape index (κ1) is 21.4. The van der Waals surface area contributed by atoms with Crippen molar-refractivity contribution in [2.24, 2.45) is 0 Å². The van der Waals surface area contributed by atoms with E-state index in [9.17, 15) is 23.9 Å². The Hall–Kier alpha value is -2.88. The lowest BCUT2D eigenvalue weighted by atomic mass is 10.1. The summed E-state index contributed by atoms with van der Waals surface area (Å²) in [4.78, 5) is 35.4. The third-order valence-corrected chi connectivity index (χ3v) is 4.50. The number of carboxylic acid groups (broad SMARTS) is 1. The maximum absolute atomic E-state index is 14.2. The molecule has 8 nitrogen and oxygen atoms in total. The van der Waals surface area contributed by atoms with E-state index in [-0.39, 0.29) is 17.7 Å². The molecule has 2 rings (SSSR count). The van der Waals surface area contributed by atoms with E-state index >= 15 is 0 Å². The number of hydrogen-bond donors (Lipinski definition) is 2. The van der Waals surface area contributed by atoms with Crippen LogP contribution in [0.1, 0.15) is 6.42 Å². The average Bonchev–Trinajstić information content (AvgIpc) is 2.66. The molecular formula is C18H20FN3O5S. The standard InChI is InChI=1S/C18H20FN3O5S/c1-27-11-3-4-12(13(19)9-11)14-5-6-17(24)22(21-14)10-16(23)20-15(18(25)26)7-8-28-2/h3-6,9,15H,7-8,10H2,1-2H3,(H,20,23)(H,25,26)/t15-/m1/s1. The molecule has 1 heterocycles. The third kappa shape index (κ3) is 5.56. The molecule has 0 radical (unpaired) electrons. The van der Waals surface area contributed by atoms with Gasteiger partial charge in [-0.05, 0) is 36.6 Å². The van der Waals surface area contributed by atoms with Crippen LogP contribution in [0.5, 0.6) is 5.75 Å². The largest absolute Gasteiger partial charge is 0.497 e. The van der Waals surface area contributed by atoms with Crippen molar-refractivity contribution < 1.29 is 23.8 Å². The molecule has 10 heteroatoms. The van der Waals surface area contributed by atoms with Crippen LogP contribution in [0.15, 0.2) is 35.1 Å². The molecule has 0 spiro atoms. The van der Waals surface area contributed by atoms with Gasteiger partial charge in [-0.1, -0.05) is 0 Å². The lowest BCUT2D eigenvalue weighted by Gasteiger charge is -2.14. The molecule has 1 atom stereocenters. The molecule has 0 bridgehead atoms. The summed E-state index contributed by atoms with van der Waals surface area (Å²) in [6.07, 6.45) is 2.08. The number of thioether (sulfide) groups is 1.